The van der Waals surface area contributed by atoms with Crippen molar-refractivity contribution in [3.8, 4) is 0 Å². The fourth-order valence-electron chi connectivity index (χ4n) is 4.43. The van der Waals surface area contributed by atoms with E-state index in [4.69, 9.17) is 0 Å². The van der Waals surface area contributed by atoms with Crippen molar-refractivity contribution in [1.29, 1.82) is 0 Å². The lowest BCUT2D eigenvalue weighted by Gasteiger charge is -2.43. The quantitative estimate of drug-likeness (QED) is 0.850. The van der Waals surface area contributed by atoms with Gasteiger partial charge in [0.15, 0.2) is 0 Å². The lowest BCUT2D eigenvalue weighted by molar-refractivity contribution is -0.142. The van der Waals surface area contributed by atoms with Crippen LogP contribution in [0.15, 0.2) is 60.7 Å². The van der Waals surface area contributed by atoms with Gasteiger partial charge >= 0.3 is 6.03 Å². The third kappa shape index (κ3) is 4.65. The number of piperidine rings is 1. The number of likely N-dealkylation sites (tertiary alicyclic amines) is 1. The van der Waals surface area contributed by atoms with Gasteiger partial charge in [0.05, 0.1) is 6.04 Å². The normalized spacial score (nSPS) is 20.8. The van der Waals surface area contributed by atoms with E-state index in [-0.39, 0.29) is 23.9 Å². The van der Waals surface area contributed by atoms with Crippen LogP contribution in [0, 0.1) is 5.92 Å². The van der Waals surface area contributed by atoms with Gasteiger partial charge in [-0.2, -0.15) is 0 Å². The van der Waals surface area contributed by atoms with E-state index < -0.39 is 0 Å². The topological polar surface area (TPSA) is 55.9 Å². The number of carbonyl (C=O) groups excluding carboxylic acids is 2. The van der Waals surface area contributed by atoms with E-state index in [0.29, 0.717) is 13.1 Å². The lowest BCUT2D eigenvalue weighted by atomic mass is 9.93. The molecule has 158 valence electrons. The number of likely N-dealkylation sites (N-methyl/N-ethyl adjacent to an activating group) is 1. The Hall–Kier alpha value is -2.86. The third-order valence-electron chi connectivity index (χ3n) is 6.21. The zero-order chi connectivity index (χ0) is 20.9. The molecule has 2 aromatic carbocycles. The summed E-state index contributed by atoms with van der Waals surface area (Å²) >= 11 is 0. The molecule has 2 saturated heterocycles. The molecule has 2 aliphatic heterocycles. The van der Waals surface area contributed by atoms with Gasteiger partial charge in [0.2, 0.25) is 5.91 Å². The maximum absolute atomic E-state index is 13.4. The average molecular weight is 407 g/mol. The number of rotatable bonds is 3. The van der Waals surface area contributed by atoms with Crippen LogP contribution in [0.25, 0.3) is 0 Å². The summed E-state index contributed by atoms with van der Waals surface area (Å²) in [5.41, 5.74) is 1.99. The first kappa shape index (κ1) is 20.4. The molecule has 0 saturated carbocycles. The Bertz CT molecular complexity index is 850. The molecule has 1 atom stereocenters. The van der Waals surface area contributed by atoms with Gasteiger partial charge < -0.3 is 20.0 Å². The average Bonchev–Trinajstić information content (AvgIpc) is 2.80. The number of nitrogens with zero attached hydrogens (tertiary/aromatic N) is 3. The predicted molar refractivity (Wildman–Crippen MR) is 118 cm³/mol. The number of hydrogen-bond donors (Lipinski definition) is 1. The van der Waals surface area contributed by atoms with Gasteiger partial charge in [-0.05, 0) is 37.6 Å². The van der Waals surface area contributed by atoms with Crippen LogP contribution in [-0.2, 0) is 4.79 Å². The molecule has 0 bridgehead atoms. The molecule has 3 amide bonds. The molecule has 6 nitrogen and oxygen atoms in total. The van der Waals surface area contributed by atoms with E-state index in [1.165, 1.54) is 5.56 Å². The monoisotopic (exact) mass is 406 g/mol. The summed E-state index contributed by atoms with van der Waals surface area (Å²) in [6, 6.07) is 19.8. The minimum Gasteiger partial charge on any atom is -0.333 e. The van der Waals surface area contributed by atoms with E-state index in [2.05, 4.69) is 34.3 Å². The first-order valence-corrected chi connectivity index (χ1v) is 10.8. The molecule has 0 spiro atoms. The first-order valence-electron chi connectivity index (χ1n) is 10.8. The Kier molecular flexibility index (Phi) is 6.33. The second kappa shape index (κ2) is 9.30. The summed E-state index contributed by atoms with van der Waals surface area (Å²) in [5, 5.41) is 2.94. The fraction of sp³-hybridized carbons (Fsp3) is 0.417. The Labute approximate surface area is 178 Å². The molecule has 0 aromatic heterocycles. The molecule has 4 rings (SSSR count). The summed E-state index contributed by atoms with van der Waals surface area (Å²) in [7, 11) is 2.11. The summed E-state index contributed by atoms with van der Waals surface area (Å²) < 4.78 is 0. The van der Waals surface area contributed by atoms with Crippen molar-refractivity contribution < 1.29 is 9.59 Å². The number of urea groups is 1. The molecular formula is C24H30N4O2. The van der Waals surface area contributed by atoms with Gasteiger partial charge in [-0.25, -0.2) is 4.79 Å². The number of carbonyl (C=O) groups is 2. The molecule has 2 aromatic rings. The molecule has 0 radical (unpaired) electrons. The fourth-order valence-corrected chi connectivity index (χ4v) is 4.43. The van der Waals surface area contributed by atoms with Crippen LogP contribution in [0.4, 0.5) is 10.5 Å². The summed E-state index contributed by atoms with van der Waals surface area (Å²) in [5.74, 6) is 0.223. The first-order chi connectivity index (χ1) is 14.6. The molecular weight excluding hydrogens is 376 g/mol. The van der Waals surface area contributed by atoms with Crippen LogP contribution in [-0.4, -0.2) is 66.4 Å². The van der Waals surface area contributed by atoms with E-state index in [9.17, 15) is 9.59 Å². The van der Waals surface area contributed by atoms with Crippen LogP contribution in [0.5, 0.6) is 0 Å². The highest BCUT2D eigenvalue weighted by Gasteiger charge is 2.36. The molecule has 2 heterocycles. The summed E-state index contributed by atoms with van der Waals surface area (Å²) in [6.45, 7) is 3.72. The number of benzene rings is 2. The SMILES string of the molecule is CN1CCN(C(=O)C2CCN(C(=O)Nc3ccccc3)CC2)[C@H](c2ccccc2)C1. The Balaban J connectivity index is 1.36. The highest BCUT2D eigenvalue weighted by Crippen LogP contribution is 2.29. The number of hydrogen-bond acceptors (Lipinski definition) is 3. The van der Waals surface area contributed by atoms with Crippen LogP contribution < -0.4 is 5.32 Å². The highest BCUT2D eigenvalue weighted by atomic mass is 16.2. The molecule has 30 heavy (non-hydrogen) atoms. The number of amides is 3. The smallest absolute Gasteiger partial charge is 0.321 e. The van der Waals surface area contributed by atoms with Gasteiger partial charge in [0.1, 0.15) is 0 Å². The van der Waals surface area contributed by atoms with Crippen molar-refractivity contribution in [1.82, 2.24) is 14.7 Å². The van der Waals surface area contributed by atoms with Crippen molar-refractivity contribution in [3.05, 3.63) is 66.2 Å². The third-order valence-corrected chi connectivity index (χ3v) is 6.21. The number of anilines is 1. The Morgan fingerprint density at radius 1 is 0.867 bits per heavy atom. The van der Waals surface area contributed by atoms with E-state index in [1.54, 1.807) is 0 Å². The number of para-hydroxylation sites is 1. The molecule has 1 N–H and O–H groups in total. The minimum atomic E-state index is -0.0890. The standard InChI is InChI=1S/C24H30N4O2/c1-26-16-17-28(22(18-26)19-8-4-2-5-9-19)23(29)20-12-14-27(15-13-20)24(30)25-21-10-6-3-7-11-21/h2-11,20,22H,12-18H2,1H3,(H,25,30)/t22-/m0/s1. The van der Waals surface area contributed by atoms with Gasteiger partial charge in [0.25, 0.3) is 0 Å². The van der Waals surface area contributed by atoms with Crippen LogP contribution in [0.1, 0.15) is 24.4 Å². The lowest BCUT2D eigenvalue weighted by Crippen LogP contribution is -2.52. The van der Waals surface area contributed by atoms with Crippen molar-refractivity contribution in [2.24, 2.45) is 5.92 Å². The molecule has 2 fully saturated rings. The second-order valence-corrected chi connectivity index (χ2v) is 8.28. The summed E-state index contributed by atoms with van der Waals surface area (Å²) in [6.07, 6.45) is 1.43. The van der Waals surface area contributed by atoms with Crippen LogP contribution in [0.3, 0.4) is 0 Å². The Morgan fingerprint density at radius 2 is 1.50 bits per heavy atom. The number of piperazine rings is 1. The zero-order valence-electron chi connectivity index (χ0n) is 17.5. The van der Waals surface area contributed by atoms with Crippen molar-refractivity contribution in [3.63, 3.8) is 0 Å². The second-order valence-electron chi connectivity index (χ2n) is 8.28. The van der Waals surface area contributed by atoms with E-state index >= 15 is 0 Å². The maximum atomic E-state index is 13.4. The molecule has 2 aliphatic rings. The van der Waals surface area contributed by atoms with Crippen molar-refractivity contribution in [2.45, 2.75) is 18.9 Å². The van der Waals surface area contributed by atoms with Gasteiger partial charge in [-0.15, -0.1) is 0 Å². The summed E-state index contributed by atoms with van der Waals surface area (Å²) in [4.78, 5) is 32.1. The Morgan fingerprint density at radius 3 is 2.17 bits per heavy atom. The molecule has 0 aliphatic carbocycles. The molecule has 0 unspecified atom stereocenters. The minimum absolute atomic E-state index is 0.0135. The molecule has 6 heteroatoms. The van der Waals surface area contributed by atoms with Crippen LogP contribution >= 0.6 is 0 Å². The van der Waals surface area contributed by atoms with Crippen molar-refractivity contribution >= 4 is 17.6 Å². The van der Waals surface area contributed by atoms with Crippen LogP contribution in [0.2, 0.25) is 0 Å². The predicted octanol–water partition coefficient (Wildman–Crippen LogP) is 3.45. The van der Waals surface area contributed by atoms with Crippen molar-refractivity contribution in [2.75, 3.05) is 45.1 Å². The van der Waals surface area contributed by atoms with E-state index in [1.807, 2.05) is 53.4 Å². The highest BCUT2D eigenvalue weighted by molar-refractivity contribution is 5.89. The van der Waals surface area contributed by atoms with Gasteiger partial charge in [0, 0.05) is 44.3 Å². The van der Waals surface area contributed by atoms with E-state index in [0.717, 1.165) is 38.2 Å². The van der Waals surface area contributed by atoms with Gasteiger partial charge in [-0.3, -0.25) is 4.79 Å². The van der Waals surface area contributed by atoms with Gasteiger partial charge in [-0.1, -0.05) is 48.5 Å². The number of nitrogens with one attached hydrogen (secondary N) is 1. The maximum Gasteiger partial charge on any atom is 0.321 e. The zero-order valence-corrected chi connectivity index (χ0v) is 17.5. The largest absolute Gasteiger partial charge is 0.333 e.